The predicted molar refractivity (Wildman–Crippen MR) is 62.7 cm³/mol. The van der Waals surface area contributed by atoms with Crippen molar-refractivity contribution in [3.05, 3.63) is 47.0 Å². The van der Waals surface area contributed by atoms with Crippen LogP contribution in [-0.4, -0.2) is 12.5 Å². The first-order valence-corrected chi connectivity index (χ1v) is 5.40. The lowest BCUT2D eigenvalue weighted by Crippen LogP contribution is -2.24. The van der Waals surface area contributed by atoms with Gasteiger partial charge in [-0.05, 0) is 24.1 Å². The van der Waals surface area contributed by atoms with E-state index < -0.39 is 11.6 Å². The Hall–Kier alpha value is -1.42. The summed E-state index contributed by atoms with van der Waals surface area (Å²) < 4.78 is 25.5. The largest absolute Gasteiger partial charge is 0.351 e. The third kappa shape index (κ3) is 4.95. The molecule has 0 aromatic heterocycles. The molecular formula is C12H12ClF2NO. The fourth-order valence-electron chi connectivity index (χ4n) is 1.24. The molecule has 0 radical (unpaired) electrons. The minimum Gasteiger partial charge on any atom is -0.351 e. The van der Waals surface area contributed by atoms with Crippen LogP contribution in [0.4, 0.5) is 8.78 Å². The highest BCUT2D eigenvalue weighted by Gasteiger charge is 2.05. The highest BCUT2D eigenvalue weighted by molar-refractivity contribution is 6.29. The minimum absolute atomic E-state index is 0.190. The Morgan fingerprint density at radius 1 is 1.35 bits per heavy atom. The molecule has 17 heavy (non-hydrogen) atoms. The van der Waals surface area contributed by atoms with E-state index in [1.54, 1.807) is 0 Å². The molecule has 0 saturated heterocycles. The third-order valence-corrected chi connectivity index (χ3v) is 2.24. The van der Waals surface area contributed by atoms with Gasteiger partial charge < -0.3 is 5.32 Å². The van der Waals surface area contributed by atoms with Gasteiger partial charge in [0.1, 0.15) is 0 Å². The van der Waals surface area contributed by atoms with E-state index in [1.165, 1.54) is 6.07 Å². The predicted octanol–water partition coefficient (Wildman–Crippen LogP) is 2.77. The summed E-state index contributed by atoms with van der Waals surface area (Å²) in [4.78, 5) is 11.3. The summed E-state index contributed by atoms with van der Waals surface area (Å²) in [5.74, 6) is -2.01. The van der Waals surface area contributed by atoms with Crippen LogP contribution in [0, 0.1) is 11.6 Å². The molecular weight excluding hydrogens is 248 g/mol. The topological polar surface area (TPSA) is 29.1 Å². The fourth-order valence-corrected chi connectivity index (χ4v) is 1.30. The summed E-state index contributed by atoms with van der Waals surface area (Å²) in [6, 6.07) is 3.58. The summed E-state index contributed by atoms with van der Waals surface area (Å²) in [5, 5.41) is 2.88. The Labute approximate surface area is 103 Å². The van der Waals surface area contributed by atoms with Gasteiger partial charge in [-0.1, -0.05) is 24.2 Å². The van der Waals surface area contributed by atoms with Crippen molar-refractivity contribution in [1.29, 1.82) is 0 Å². The number of nitrogens with one attached hydrogen (secondary N) is 1. The lowest BCUT2D eigenvalue weighted by molar-refractivity contribution is -0.120. The minimum atomic E-state index is -0.906. The van der Waals surface area contributed by atoms with E-state index in [2.05, 4.69) is 11.9 Å². The summed E-state index contributed by atoms with van der Waals surface area (Å²) in [6.45, 7) is 3.63. The maximum atomic E-state index is 12.9. The van der Waals surface area contributed by atoms with Crippen LogP contribution in [0.25, 0.3) is 0 Å². The monoisotopic (exact) mass is 259 g/mol. The molecule has 0 bridgehead atoms. The molecule has 0 spiro atoms. The van der Waals surface area contributed by atoms with Gasteiger partial charge in [-0.15, -0.1) is 0 Å². The van der Waals surface area contributed by atoms with E-state index in [0.717, 1.165) is 12.1 Å². The molecule has 0 atom stereocenters. The normalized spacial score (nSPS) is 10.1. The third-order valence-electron chi connectivity index (χ3n) is 2.10. The number of carbonyl (C=O) groups excluding carboxylic acids is 1. The number of amides is 1. The molecule has 1 aromatic carbocycles. The number of aryl methyl sites for hydroxylation is 1. The summed E-state index contributed by atoms with van der Waals surface area (Å²) in [5.41, 5.74) is 0.573. The number of carbonyl (C=O) groups is 1. The number of hydrogen-bond donors (Lipinski definition) is 1. The maximum Gasteiger partial charge on any atom is 0.220 e. The average molecular weight is 260 g/mol. The zero-order valence-corrected chi connectivity index (χ0v) is 9.86. The van der Waals surface area contributed by atoms with E-state index in [0.29, 0.717) is 17.0 Å². The maximum absolute atomic E-state index is 12.9. The molecule has 1 aromatic rings. The van der Waals surface area contributed by atoms with Gasteiger partial charge in [0.2, 0.25) is 5.91 Å². The Bertz CT molecular complexity index is 435. The van der Waals surface area contributed by atoms with Crippen molar-refractivity contribution >= 4 is 17.5 Å². The molecule has 1 amide bonds. The van der Waals surface area contributed by atoms with Gasteiger partial charge >= 0.3 is 0 Å². The molecule has 0 aliphatic carbocycles. The molecule has 0 saturated carbocycles. The van der Waals surface area contributed by atoms with E-state index >= 15 is 0 Å². The van der Waals surface area contributed by atoms with Gasteiger partial charge in [-0.2, -0.15) is 0 Å². The zero-order chi connectivity index (χ0) is 12.8. The first-order valence-electron chi connectivity index (χ1n) is 5.03. The van der Waals surface area contributed by atoms with Crippen LogP contribution in [0.2, 0.25) is 0 Å². The van der Waals surface area contributed by atoms with E-state index in [4.69, 9.17) is 11.6 Å². The molecule has 0 aliphatic heterocycles. The van der Waals surface area contributed by atoms with E-state index in [1.807, 2.05) is 0 Å². The highest BCUT2D eigenvalue weighted by Crippen LogP contribution is 2.10. The van der Waals surface area contributed by atoms with Crippen molar-refractivity contribution in [2.75, 3.05) is 6.54 Å². The number of rotatable bonds is 5. The van der Waals surface area contributed by atoms with Crippen LogP contribution in [0.3, 0.4) is 0 Å². The Balaban J connectivity index is 2.42. The lowest BCUT2D eigenvalue weighted by Gasteiger charge is -2.04. The van der Waals surface area contributed by atoms with Crippen molar-refractivity contribution in [1.82, 2.24) is 5.32 Å². The quantitative estimate of drug-likeness (QED) is 0.866. The highest BCUT2D eigenvalue weighted by atomic mass is 35.5. The number of halogens is 3. The van der Waals surface area contributed by atoms with Crippen molar-refractivity contribution in [3.8, 4) is 0 Å². The van der Waals surface area contributed by atoms with E-state index in [9.17, 15) is 13.6 Å². The average Bonchev–Trinajstić information content (AvgIpc) is 2.28. The van der Waals surface area contributed by atoms with Crippen LogP contribution in [-0.2, 0) is 11.2 Å². The van der Waals surface area contributed by atoms with Crippen LogP contribution in [0.5, 0.6) is 0 Å². The summed E-state index contributed by atoms with van der Waals surface area (Å²) in [6.07, 6.45) is 0.535. The second-order valence-corrected chi connectivity index (χ2v) is 4.08. The van der Waals surface area contributed by atoms with Gasteiger partial charge in [-0.3, -0.25) is 4.79 Å². The van der Waals surface area contributed by atoms with Crippen molar-refractivity contribution in [2.45, 2.75) is 12.8 Å². The number of benzene rings is 1. The first kappa shape index (κ1) is 13.6. The summed E-state index contributed by atoms with van der Waals surface area (Å²) >= 11 is 5.48. The second-order valence-electron chi connectivity index (χ2n) is 3.54. The van der Waals surface area contributed by atoms with Gasteiger partial charge in [0.15, 0.2) is 11.6 Å². The van der Waals surface area contributed by atoms with Crippen molar-refractivity contribution < 1.29 is 13.6 Å². The Morgan fingerprint density at radius 2 is 2.06 bits per heavy atom. The fraction of sp³-hybridized carbons (Fsp3) is 0.250. The molecule has 0 heterocycles. The molecule has 1 N–H and O–H groups in total. The molecule has 2 nitrogen and oxygen atoms in total. The van der Waals surface area contributed by atoms with Crippen molar-refractivity contribution in [2.24, 2.45) is 0 Å². The molecule has 1 rings (SSSR count). The molecule has 0 aliphatic rings. The zero-order valence-electron chi connectivity index (χ0n) is 9.10. The SMILES string of the molecule is C=C(Cl)CNC(=O)CCc1ccc(F)c(F)c1. The van der Waals surface area contributed by atoms with Gasteiger partial charge in [0, 0.05) is 11.5 Å². The number of hydrogen-bond acceptors (Lipinski definition) is 1. The van der Waals surface area contributed by atoms with Crippen LogP contribution in [0.1, 0.15) is 12.0 Å². The molecule has 5 heteroatoms. The van der Waals surface area contributed by atoms with Gasteiger partial charge in [0.05, 0.1) is 6.54 Å². The smallest absolute Gasteiger partial charge is 0.220 e. The Kier molecular flexibility index (Phi) is 5.10. The van der Waals surface area contributed by atoms with Crippen LogP contribution in [0.15, 0.2) is 29.8 Å². The second kappa shape index (κ2) is 6.35. The Morgan fingerprint density at radius 3 is 2.65 bits per heavy atom. The standard InChI is InChI=1S/C12H12ClF2NO/c1-8(13)7-16-12(17)5-3-9-2-4-10(14)11(15)6-9/h2,4,6H,1,3,5,7H2,(H,16,17). The summed E-state index contributed by atoms with van der Waals surface area (Å²) in [7, 11) is 0. The van der Waals surface area contributed by atoms with Crippen molar-refractivity contribution in [3.63, 3.8) is 0 Å². The van der Waals surface area contributed by atoms with Crippen LogP contribution < -0.4 is 5.32 Å². The molecule has 0 unspecified atom stereocenters. The van der Waals surface area contributed by atoms with Gasteiger partial charge in [0.25, 0.3) is 0 Å². The lowest BCUT2D eigenvalue weighted by atomic mass is 10.1. The molecule has 92 valence electrons. The van der Waals surface area contributed by atoms with Gasteiger partial charge in [-0.25, -0.2) is 8.78 Å². The van der Waals surface area contributed by atoms with E-state index in [-0.39, 0.29) is 18.9 Å². The van der Waals surface area contributed by atoms with Crippen LogP contribution >= 0.6 is 11.6 Å². The first-order chi connectivity index (χ1) is 7.99. The molecule has 0 fully saturated rings.